The molecule has 7 nitrogen and oxygen atoms in total. The number of carbonyl (C=O) groups is 2. The van der Waals surface area contributed by atoms with Crippen LogP contribution in [0.5, 0.6) is 0 Å². The van der Waals surface area contributed by atoms with E-state index in [1.165, 1.54) is 4.90 Å². The summed E-state index contributed by atoms with van der Waals surface area (Å²) in [6.45, 7) is 9.10. The van der Waals surface area contributed by atoms with Crippen molar-refractivity contribution in [2.24, 2.45) is 0 Å². The van der Waals surface area contributed by atoms with Gasteiger partial charge in [0.25, 0.3) is 0 Å². The van der Waals surface area contributed by atoms with Gasteiger partial charge >= 0.3 is 0 Å². The second-order valence-corrected chi connectivity index (χ2v) is 14.0. The number of hydrogen-bond donors (Lipinski definition) is 1. The predicted molar refractivity (Wildman–Crippen MR) is 165 cm³/mol. The van der Waals surface area contributed by atoms with Crippen LogP contribution < -0.4 is 9.62 Å². The molecule has 3 rings (SSSR count). The first kappa shape index (κ1) is 31.4. The second kappa shape index (κ2) is 13.0. The van der Waals surface area contributed by atoms with Crippen LogP contribution in [0.15, 0.2) is 77.3 Å². The Morgan fingerprint density at radius 2 is 1.55 bits per heavy atom. The molecular weight excluding hydrogens is 590 g/mol. The number of nitrogens with one attached hydrogen (secondary N) is 1. The largest absolute Gasteiger partial charge is 0.350 e. The van der Waals surface area contributed by atoms with Crippen molar-refractivity contribution >= 4 is 43.5 Å². The average Bonchev–Trinajstić information content (AvgIpc) is 2.85. The van der Waals surface area contributed by atoms with Gasteiger partial charge in [-0.15, -0.1) is 0 Å². The van der Waals surface area contributed by atoms with E-state index in [0.717, 1.165) is 37.3 Å². The van der Waals surface area contributed by atoms with E-state index < -0.39 is 34.1 Å². The molecule has 0 saturated heterocycles. The van der Waals surface area contributed by atoms with Crippen molar-refractivity contribution in [3.05, 3.63) is 99.5 Å². The Hall–Kier alpha value is -3.17. The summed E-state index contributed by atoms with van der Waals surface area (Å²) in [5, 5.41) is 3.03. The summed E-state index contributed by atoms with van der Waals surface area (Å²) in [6, 6.07) is 21.5. The molecule has 3 aromatic rings. The van der Waals surface area contributed by atoms with Crippen LogP contribution in [-0.2, 0) is 32.6 Å². The summed E-state index contributed by atoms with van der Waals surface area (Å²) >= 11 is 3.44. The molecule has 9 heteroatoms. The maximum Gasteiger partial charge on any atom is 0.244 e. The third-order valence-electron chi connectivity index (χ3n) is 6.34. The molecular formula is C31H38BrN3O4S. The molecule has 0 bridgehead atoms. The Bertz CT molecular complexity index is 1440. The quantitative estimate of drug-likeness (QED) is 0.327. The highest BCUT2D eigenvalue weighted by Gasteiger charge is 2.34. The van der Waals surface area contributed by atoms with Crippen molar-refractivity contribution < 1.29 is 18.0 Å². The van der Waals surface area contributed by atoms with E-state index in [0.29, 0.717) is 5.69 Å². The van der Waals surface area contributed by atoms with Gasteiger partial charge in [0.2, 0.25) is 21.8 Å². The molecule has 1 N–H and O–H groups in total. The van der Waals surface area contributed by atoms with Crippen LogP contribution in [0.3, 0.4) is 0 Å². The van der Waals surface area contributed by atoms with Crippen molar-refractivity contribution in [2.75, 3.05) is 17.1 Å². The molecule has 0 heterocycles. The molecule has 2 amide bonds. The minimum absolute atomic E-state index is 0.131. The summed E-state index contributed by atoms with van der Waals surface area (Å²) in [4.78, 5) is 29.4. The first-order chi connectivity index (χ1) is 18.6. The highest BCUT2D eigenvalue weighted by molar-refractivity contribution is 9.10. The summed E-state index contributed by atoms with van der Waals surface area (Å²) in [6.07, 6.45) is 1.36. The molecule has 40 heavy (non-hydrogen) atoms. The van der Waals surface area contributed by atoms with E-state index in [2.05, 4.69) is 21.2 Å². The number of benzene rings is 3. The smallest absolute Gasteiger partial charge is 0.244 e. The lowest BCUT2D eigenvalue weighted by Gasteiger charge is -2.35. The molecule has 0 radical (unpaired) electrons. The lowest BCUT2D eigenvalue weighted by molar-refractivity contribution is -0.140. The van der Waals surface area contributed by atoms with Crippen LogP contribution in [0.2, 0.25) is 0 Å². The maximum absolute atomic E-state index is 14.2. The van der Waals surface area contributed by atoms with E-state index in [1.54, 1.807) is 6.07 Å². The van der Waals surface area contributed by atoms with Gasteiger partial charge in [-0.3, -0.25) is 13.9 Å². The molecule has 0 aliphatic carbocycles. The zero-order valence-electron chi connectivity index (χ0n) is 23.9. The number of amides is 2. The van der Waals surface area contributed by atoms with Crippen molar-refractivity contribution in [1.29, 1.82) is 0 Å². The molecule has 0 saturated carbocycles. The minimum Gasteiger partial charge on any atom is -0.350 e. The fourth-order valence-corrected chi connectivity index (χ4v) is 5.64. The lowest BCUT2D eigenvalue weighted by Crippen LogP contribution is -2.56. The molecule has 0 spiro atoms. The molecule has 214 valence electrons. The van der Waals surface area contributed by atoms with E-state index in [1.807, 2.05) is 101 Å². The average molecular weight is 629 g/mol. The number of rotatable bonds is 10. The van der Waals surface area contributed by atoms with Gasteiger partial charge < -0.3 is 10.2 Å². The van der Waals surface area contributed by atoms with Crippen LogP contribution in [-0.4, -0.2) is 49.5 Å². The summed E-state index contributed by atoms with van der Waals surface area (Å²) in [7, 11) is -3.81. The Morgan fingerprint density at radius 1 is 0.925 bits per heavy atom. The first-order valence-corrected chi connectivity index (χ1v) is 15.7. The third-order valence-corrected chi connectivity index (χ3v) is 7.99. The highest BCUT2D eigenvalue weighted by atomic mass is 79.9. The molecule has 3 aromatic carbocycles. The molecule has 0 aliphatic rings. The van der Waals surface area contributed by atoms with Crippen molar-refractivity contribution in [1.82, 2.24) is 10.2 Å². The second-order valence-electron chi connectivity index (χ2n) is 11.2. The van der Waals surface area contributed by atoms with Gasteiger partial charge in [0.1, 0.15) is 12.6 Å². The van der Waals surface area contributed by atoms with Gasteiger partial charge in [0.05, 0.1) is 11.9 Å². The first-order valence-electron chi connectivity index (χ1n) is 13.1. The number of hydrogen-bond acceptors (Lipinski definition) is 4. The highest BCUT2D eigenvalue weighted by Crippen LogP contribution is 2.25. The van der Waals surface area contributed by atoms with Gasteiger partial charge in [-0.1, -0.05) is 76.1 Å². The molecule has 0 aromatic heterocycles. The van der Waals surface area contributed by atoms with E-state index in [4.69, 9.17) is 0 Å². The van der Waals surface area contributed by atoms with Crippen LogP contribution in [0, 0.1) is 13.8 Å². The number of nitrogens with zero attached hydrogens (tertiary/aromatic N) is 2. The van der Waals surface area contributed by atoms with E-state index in [9.17, 15) is 18.0 Å². The lowest BCUT2D eigenvalue weighted by atomic mass is 10.0. The monoisotopic (exact) mass is 627 g/mol. The summed E-state index contributed by atoms with van der Waals surface area (Å²) < 4.78 is 28.0. The van der Waals surface area contributed by atoms with Gasteiger partial charge in [0, 0.05) is 23.0 Å². The van der Waals surface area contributed by atoms with E-state index >= 15 is 0 Å². The molecule has 0 fully saturated rings. The minimum atomic E-state index is -3.81. The van der Waals surface area contributed by atoms with Crippen molar-refractivity contribution in [3.8, 4) is 0 Å². The van der Waals surface area contributed by atoms with Gasteiger partial charge in [-0.25, -0.2) is 8.42 Å². The molecule has 0 unspecified atom stereocenters. The Balaban J connectivity index is 2.09. The maximum atomic E-state index is 14.2. The number of halogens is 1. The fraction of sp³-hybridized carbons (Fsp3) is 0.355. The van der Waals surface area contributed by atoms with Crippen LogP contribution in [0.25, 0.3) is 0 Å². The van der Waals surface area contributed by atoms with Crippen molar-refractivity contribution in [2.45, 2.75) is 59.2 Å². The molecule has 1 atom stereocenters. The summed E-state index contributed by atoms with van der Waals surface area (Å²) in [5.74, 6) is -0.780. The van der Waals surface area contributed by atoms with Crippen LogP contribution in [0.1, 0.15) is 43.0 Å². The van der Waals surface area contributed by atoms with E-state index in [-0.39, 0.29) is 18.9 Å². The fourth-order valence-electron chi connectivity index (χ4n) is 4.47. The topological polar surface area (TPSA) is 86.8 Å². The Labute approximate surface area is 246 Å². The standard InChI is InChI=1S/C31H38BrN3O4S/c1-22-12-17-27(23(2)18-22)35(40(6,38)39)21-29(36)34(20-25-13-15-26(32)16-14-25)28(30(37)33-31(3,4)5)19-24-10-8-7-9-11-24/h7-18,28H,19-21H2,1-6H3,(H,33,37)/t28-/m1/s1. The Kier molecular flexibility index (Phi) is 10.2. The zero-order chi connectivity index (χ0) is 29.7. The predicted octanol–water partition coefficient (Wildman–Crippen LogP) is 5.39. The zero-order valence-corrected chi connectivity index (χ0v) is 26.3. The van der Waals surface area contributed by atoms with Crippen LogP contribution >= 0.6 is 15.9 Å². The number of carbonyl (C=O) groups excluding carboxylic acids is 2. The van der Waals surface area contributed by atoms with Gasteiger partial charge in [-0.05, 0) is 69.5 Å². The number of sulfonamides is 1. The molecule has 0 aliphatic heterocycles. The van der Waals surface area contributed by atoms with Crippen molar-refractivity contribution in [3.63, 3.8) is 0 Å². The third kappa shape index (κ3) is 8.93. The van der Waals surface area contributed by atoms with Gasteiger partial charge in [0.15, 0.2) is 0 Å². The Morgan fingerprint density at radius 3 is 2.10 bits per heavy atom. The van der Waals surface area contributed by atoms with Crippen LogP contribution in [0.4, 0.5) is 5.69 Å². The van der Waals surface area contributed by atoms with Gasteiger partial charge in [-0.2, -0.15) is 0 Å². The normalized spacial score (nSPS) is 12.5. The number of aryl methyl sites for hydroxylation is 2. The number of anilines is 1. The summed E-state index contributed by atoms with van der Waals surface area (Å²) in [5.41, 5.74) is 3.33. The SMILES string of the molecule is Cc1ccc(N(CC(=O)N(Cc2ccc(Br)cc2)[C@H](Cc2ccccc2)C(=O)NC(C)(C)C)S(C)(=O)=O)c(C)c1.